The Hall–Kier alpha value is -2.12. The van der Waals surface area contributed by atoms with Crippen LogP contribution in [0.1, 0.15) is 19.3 Å². The summed E-state index contributed by atoms with van der Waals surface area (Å²) < 4.78 is 5.56. The van der Waals surface area contributed by atoms with Crippen molar-refractivity contribution in [1.29, 1.82) is 0 Å². The molecule has 0 bridgehead atoms. The molecule has 0 radical (unpaired) electrons. The maximum Gasteiger partial charge on any atom is 0.321 e. The van der Waals surface area contributed by atoms with E-state index < -0.39 is 0 Å². The number of carbonyl (C=O) groups excluding carboxylic acids is 2. The lowest BCUT2D eigenvalue weighted by Gasteiger charge is -2.33. The van der Waals surface area contributed by atoms with Crippen molar-refractivity contribution in [2.45, 2.75) is 31.4 Å². The Morgan fingerprint density at radius 1 is 1.20 bits per heavy atom. The molecule has 136 valence electrons. The van der Waals surface area contributed by atoms with Crippen LogP contribution in [-0.2, 0) is 9.53 Å². The highest BCUT2D eigenvalue weighted by molar-refractivity contribution is 5.89. The summed E-state index contributed by atoms with van der Waals surface area (Å²) in [5.74, 6) is 0.0286. The van der Waals surface area contributed by atoms with Crippen LogP contribution < -0.4 is 16.0 Å². The number of anilines is 1. The first-order chi connectivity index (χ1) is 12.2. The molecular formula is C18H26N4O3. The molecule has 7 heteroatoms. The molecule has 2 heterocycles. The number of piperidine rings is 1. The highest BCUT2D eigenvalue weighted by atomic mass is 16.5. The molecule has 3 amide bonds. The van der Waals surface area contributed by atoms with Gasteiger partial charge in [-0.3, -0.25) is 4.79 Å². The van der Waals surface area contributed by atoms with Crippen molar-refractivity contribution in [1.82, 2.24) is 15.5 Å². The number of hydrogen-bond donors (Lipinski definition) is 3. The average Bonchev–Trinajstić information content (AvgIpc) is 2.64. The van der Waals surface area contributed by atoms with Crippen molar-refractivity contribution >= 4 is 17.6 Å². The molecule has 0 spiro atoms. The zero-order valence-corrected chi connectivity index (χ0v) is 14.4. The number of nitrogens with zero attached hydrogens (tertiary/aromatic N) is 1. The van der Waals surface area contributed by atoms with Crippen LogP contribution in [-0.4, -0.2) is 61.8 Å². The topological polar surface area (TPSA) is 82.7 Å². The van der Waals surface area contributed by atoms with Crippen molar-refractivity contribution in [2.24, 2.45) is 0 Å². The predicted molar refractivity (Wildman–Crippen MR) is 95.4 cm³/mol. The van der Waals surface area contributed by atoms with E-state index in [9.17, 15) is 9.59 Å². The van der Waals surface area contributed by atoms with E-state index in [1.54, 1.807) is 4.90 Å². The molecule has 1 aromatic rings. The molecule has 3 rings (SSSR count). The lowest BCUT2D eigenvalue weighted by molar-refractivity contribution is -0.125. The fraction of sp³-hybridized carbons (Fsp3) is 0.556. The molecule has 2 fully saturated rings. The number of rotatable bonds is 4. The van der Waals surface area contributed by atoms with Gasteiger partial charge in [-0.25, -0.2) is 4.79 Å². The van der Waals surface area contributed by atoms with E-state index in [-0.39, 0.29) is 24.1 Å². The molecular weight excluding hydrogens is 320 g/mol. The smallest absolute Gasteiger partial charge is 0.321 e. The first-order valence-corrected chi connectivity index (χ1v) is 8.93. The van der Waals surface area contributed by atoms with Crippen LogP contribution in [0.2, 0.25) is 0 Å². The number of hydrogen-bond acceptors (Lipinski definition) is 4. The van der Waals surface area contributed by atoms with Gasteiger partial charge in [0.25, 0.3) is 0 Å². The monoisotopic (exact) mass is 346 g/mol. The minimum atomic E-state index is -0.0855. The van der Waals surface area contributed by atoms with Gasteiger partial charge in [0.2, 0.25) is 5.91 Å². The third kappa shape index (κ3) is 5.44. The van der Waals surface area contributed by atoms with Crippen LogP contribution in [0.5, 0.6) is 0 Å². The normalized spacial score (nSPS) is 21.6. The second-order valence-electron chi connectivity index (χ2n) is 6.53. The van der Waals surface area contributed by atoms with Gasteiger partial charge in [0.1, 0.15) is 0 Å². The van der Waals surface area contributed by atoms with Crippen molar-refractivity contribution in [2.75, 3.05) is 38.1 Å². The van der Waals surface area contributed by atoms with Gasteiger partial charge < -0.3 is 25.6 Å². The van der Waals surface area contributed by atoms with Crippen LogP contribution in [0.15, 0.2) is 30.3 Å². The molecule has 0 aromatic heterocycles. The summed E-state index contributed by atoms with van der Waals surface area (Å²) in [7, 11) is 0. The van der Waals surface area contributed by atoms with Crippen LogP contribution >= 0.6 is 0 Å². The Morgan fingerprint density at radius 2 is 1.96 bits per heavy atom. The first-order valence-electron chi connectivity index (χ1n) is 8.93. The maximum absolute atomic E-state index is 12.3. The van der Waals surface area contributed by atoms with Crippen LogP contribution in [0, 0.1) is 0 Å². The van der Waals surface area contributed by atoms with Gasteiger partial charge in [0.05, 0.1) is 19.1 Å². The van der Waals surface area contributed by atoms with Gasteiger partial charge >= 0.3 is 6.03 Å². The van der Waals surface area contributed by atoms with E-state index in [1.807, 2.05) is 30.3 Å². The number of ether oxygens (including phenoxy) is 1. The summed E-state index contributed by atoms with van der Waals surface area (Å²) in [6.07, 6.45) is 1.91. The highest BCUT2D eigenvalue weighted by Gasteiger charge is 2.25. The highest BCUT2D eigenvalue weighted by Crippen LogP contribution is 2.14. The largest absolute Gasteiger partial charge is 0.375 e. The molecule has 2 aliphatic heterocycles. The number of para-hydroxylation sites is 1. The van der Waals surface area contributed by atoms with Crippen molar-refractivity contribution in [3.63, 3.8) is 0 Å². The molecule has 1 aromatic carbocycles. The van der Waals surface area contributed by atoms with E-state index in [2.05, 4.69) is 16.0 Å². The summed E-state index contributed by atoms with van der Waals surface area (Å²) in [6.45, 7) is 3.52. The standard InChI is InChI=1S/C18H26N4O3/c23-17(12-16-13-19-8-11-25-16)20-15-6-9-22(10-7-15)18(24)21-14-4-2-1-3-5-14/h1-5,15-16,19H,6-13H2,(H,20,23)(H,21,24)/t16-/m0/s1. The van der Waals surface area contributed by atoms with E-state index in [1.165, 1.54) is 0 Å². The van der Waals surface area contributed by atoms with Gasteiger partial charge in [-0.05, 0) is 25.0 Å². The molecule has 3 N–H and O–H groups in total. The Morgan fingerprint density at radius 3 is 2.64 bits per heavy atom. The third-order valence-corrected chi connectivity index (χ3v) is 4.59. The van der Waals surface area contributed by atoms with Crippen LogP contribution in [0.3, 0.4) is 0 Å². The van der Waals surface area contributed by atoms with E-state index in [0.717, 1.165) is 31.6 Å². The number of benzene rings is 1. The second kappa shape index (κ2) is 8.82. The van der Waals surface area contributed by atoms with Crippen LogP contribution in [0.4, 0.5) is 10.5 Å². The van der Waals surface area contributed by atoms with Gasteiger partial charge in [0.15, 0.2) is 0 Å². The number of morpholine rings is 1. The van der Waals surface area contributed by atoms with E-state index in [4.69, 9.17) is 4.74 Å². The lowest BCUT2D eigenvalue weighted by Crippen LogP contribution is -2.49. The Bertz CT molecular complexity index is 567. The molecule has 0 aliphatic carbocycles. The fourth-order valence-electron chi connectivity index (χ4n) is 3.20. The predicted octanol–water partition coefficient (Wildman–Crippen LogP) is 1.18. The molecule has 1 atom stereocenters. The van der Waals surface area contributed by atoms with Gasteiger partial charge in [-0.15, -0.1) is 0 Å². The SMILES string of the molecule is O=C(C[C@H]1CNCCO1)NC1CCN(C(=O)Nc2ccccc2)CC1. The molecule has 2 saturated heterocycles. The number of urea groups is 1. The molecule has 0 unspecified atom stereocenters. The van der Waals surface area contributed by atoms with Gasteiger partial charge in [-0.1, -0.05) is 18.2 Å². The summed E-state index contributed by atoms with van der Waals surface area (Å²) in [6, 6.07) is 9.48. The van der Waals surface area contributed by atoms with E-state index in [0.29, 0.717) is 26.1 Å². The van der Waals surface area contributed by atoms with Crippen molar-refractivity contribution < 1.29 is 14.3 Å². The van der Waals surface area contributed by atoms with Crippen LogP contribution in [0.25, 0.3) is 0 Å². The number of likely N-dealkylation sites (tertiary alicyclic amines) is 1. The third-order valence-electron chi connectivity index (χ3n) is 4.59. The molecule has 0 saturated carbocycles. The Labute approximate surface area is 148 Å². The fourth-order valence-corrected chi connectivity index (χ4v) is 3.20. The van der Waals surface area contributed by atoms with Crippen molar-refractivity contribution in [3.8, 4) is 0 Å². The van der Waals surface area contributed by atoms with E-state index >= 15 is 0 Å². The summed E-state index contributed by atoms with van der Waals surface area (Å²) in [4.78, 5) is 26.2. The van der Waals surface area contributed by atoms with Crippen molar-refractivity contribution in [3.05, 3.63) is 30.3 Å². The molecule has 7 nitrogen and oxygen atoms in total. The Kier molecular flexibility index (Phi) is 6.25. The average molecular weight is 346 g/mol. The quantitative estimate of drug-likeness (QED) is 0.764. The Balaban J connectivity index is 1.37. The summed E-state index contributed by atoms with van der Waals surface area (Å²) in [5, 5.41) is 9.19. The molecule has 25 heavy (non-hydrogen) atoms. The summed E-state index contributed by atoms with van der Waals surface area (Å²) in [5.41, 5.74) is 0.795. The zero-order valence-electron chi connectivity index (χ0n) is 14.4. The van der Waals surface area contributed by atoms with Gasteiger partial charge in [0, 0.05) is 37.9 Å². The summed E-state index contributed by atoms with van der Waals surface area (Å²) >= 11 is 0. The zero-order chi connectivity index (χ0) is 17.5. The van der Waals surface area contributed by atoms with Gasteiger partial charge in [-0.2, -0.15) is 0 Å². The maximum atomic E-state index is 12.3. The molecule has 2 aliphatic rings. The lowest BCUT2D eigenvalue weighted by atomic mass is 10.0. The number of amides is 3. The number of carbonyl (C=O) groups is 2. The first kappa shape index (κ1) is 17.7. The second-order valence-corrected chi connectivity index (χ2v) is 6.53. The minimum absolute atomic E-state index is 0.0286. The minimum Gasteiger partial charge on any atom is -0.375 e. The number of nitrogens with one attached hydrogen (secondary N) is 3.